The molecule has 1 aromatic heterocycles. The van der Waals surface area contributed by atoms with E-state index in [1.54, 1.807) is 6.33 Å². The molecule has 2 heterocycles. The molecule has 114 valence electrons. The maximum Gasteiger partial charge on any atom is 0.141 e. The molecule has 1 aromatic rings. The van der Waals surface area contributed by atoms with E-state index in [9.17, 15) is 0 Å². The van der Waals surface area contributed by atoms with Crippen LogP contribution in [0.4, 0.5) is 0 Å². The van der Waals surface area contributed by atoms with Crippen molar-refractivity contribution in [1.82, 2.24) is 24.6 Å². The van der Waals surface area contributed by atoms with Gasteiger partial charge in [-0.05, 0) is 25.4 Å². The Labute approximate surface area is 130 Å². The summed E-state index contributed by atoms with van der Waals surface area (Å²) in [6.45, 7) is 12.1. The molecule has 0 bridgehead atoms. The van der Waals surface area contributed by atoms with E-state index in [2.05, 4.69) is 54.3 Å². The summed E-state index contributed by atoms with van der Waals surface area (Å²) in [4.78, 5) is 9.48. The monoisotopic (exact) mass is 343 g/mol. The van der Waals surface area contributed by atoms with Crippen LogP contribution in [0.3, 0.4) is 0 Å². The Bertz CT molecular complexity index is 393. The summed E-state index contributed by atoms with van der Waals surface area (Å²) in [7, 11) is 0. The average molecular weight is 344 g/mol. The van der Waals surface area contributed by atoms with Gasteiger partial charge in [0.2, 0.25) is 0 Å². The van der Waals surface area contributed by atoms with Crippen molar-refractivity contribution in [3.05, 3.63) is 12.2 Å². The lowest BCUT2D eigenvalue weighted by Crippen LogP contribution is -2.32. The third kappa shape index (κ3) is 4.82. The third-order valence-electron chi connectivity index (χ3n) is 3.68. The second kappa shape index (κ2) is 8.10. The predicted molar refractivity (Wildman–Crippen MR) is 85.0 cm³/mol. The van der Waals surface area contributed by atoms with Crippen LogP contribution in [0, 0.1) is 5.92 Å². The summed E-state index contributed by atoms with van der Waals surface area (Å²) in [5.74, 6) is 1.71. The maximum atomic E-state index is 4.44. The molecule has 0 radical (unpaired) electrons. The van der Waals surface area contributed by atoms with Crippen LogP contribution in [0.1, 0.15) is 26.1 Å². The van der Waals surface area contributed by atoms with E-state index in [0.29, 0.717) is 5.92 Å². The van der Waals surface area contributed by atoms with Gasteiger partial charge in [-0.25, -0.2) is 9.67 Å². The molecule has 0 spiro atoms. The second-order valence-corrected chi connectivity index (χ2v) is 6.71. The molecule has 1 saturated heterocycles. The van der Waals surface area contributed by atoms with Gasteiger partial charge in [-0.3, -0.25) is 4.90 Å². The van der Waals surface area contributed by atoms with Crippen LogP contribution in [0.15, 0.2) is 6.33 Å². The first-order valence-electron chi connectivity index (χ1n) is 7.56. The number of rotatable bonds is 6. The van der Waals surface area contributed by atoms with E-state index in [-0.39, 0.29) is 0 Å². The lowest BCUT2D eigenvalue weighted by molar-refractivity contribution is 0.248. The van der Waals surface area contributed by atoms with Crippen LogP contribution < -0.4 is 0 Å². The molecule has 5 nitrogen and oxygen atoms in total. The van der Waals surface area contributed by atoms with Crippen molar-refractivity contribution in [1.29, 1.82) is 0 Å². The zero-order chi connectivity index (χ0) is 14.4. The van der Waals surface area contributed by atoms with Crippen molar-refractivity contribution in [3.8, 4) is 0 Å². The first-order valence-corrected chi connectivity index (χ1v) is 8.68. The summed E-state index contributed by atoms with van der Waals surface area (Å²) < 4.78 is 2.06. The quantitative estimate of drug-likeness (QED) is 0.738. The molecular weight excluding hydrogens is 318 g/mol. The van der Waals surface area contributed by atoms with E-state index >= 15 is 0 Å². The SMILES string of the molecule is CC(C)Cn1ncnc1CN1CCCN(CCBr)CC1. The van der Waals surface area contributed by atoms with E-state index in [1.807, 2.05) is 0 Å². The molecule has 0 saturated carbocycles. The number of alkyl halides is 1. The largest absolute Gasteiger partial charge is 0.301 e. The number of aromatic nitrogens is 3. The summed E-state index contributed by atoms with van der Waals surface area (Å²) in [5, 5.41) is 5.42. The van der Waals surface area contributed by atoms with Gasteiger partial charge in [0.25, 0.3) is 0 Å². The van der Waals surface area contributed by atoms with Gasteiger partial charge in [0, 0.05) is 31.5 Å². The lowest BCUT2D eigenvalue weighted by atomic mass is 10.2. The van der Waals surface area contributed by atoms with E-state index in [1.165, 1.54) is 13.0 Å². The zero-order valence-electron chi connectivity index (χ0n) is 12.6. The van der Waals surface area contributed by atoms with Crippen LogP contribution in [-0.4, -0.2) is 62.6 Å². The van der Waals surface area contributed by atoms with E-state index < -0.39 is 0 Å². The summed E-state index contributed by atoms with van der Waals surface area (Å²) in [6, 6.07) is 0. The number of nitrogens with zero attached hydrogens (tertiary/aromatic N) is 5. The highest BCUT2D eigenvalue weighted by atomic mass is 79.9. The first kappa shape index (κ1) is 15.9. The van der Waals surface area contributed by atoms with Gasteiger partial charge in [0.15, 0.2) is 0 Å². The van der Waals surface area contributed by atoms with Crippen molar-refractivity contribution < 1.29 is 0 Å². The highest BCUT2D eigenvalue weighted by molar-refractivity contribution is 9.09. The standard InChI is InChI=1S/C14H26BrN5/c1-13(2)10-20-14(16-12-17-20)11-19-6-3-5-18(7-4-15)8-9-19/h12-13H,3-11H2,1-2H3. The number of hydrogen-bond acceptors (Lipinski definition) is 4. The zero-order valence-corrected chi connectivity index (χ0v) is 14.2. The lowest BCUT2D eigenvalue weighted by Gasteiger charge is -2.21. The van der Waals surface area contributed by atoms with Crippen molar-refractivity contribution in [2.45, 2.75) is 33.4 Å². The Morgan fingerprint density at radius 3 is 2.70 bits per heavy atom. The molecule has 1 fully saturated rings. The molecule has 2 rings (SSSR count). The molecule has 0 amide bonds. The molecule has 6 heteroatoms. The van der Waals surface area contributed by atoms with Gasteiger partial charge in [-0.2, -0.15) is 5.10 Å². The van der Waals surface area contributed by atoms with Crippen LogP contribution in [0.5, 0.6) is 0 Å². The average Bonchev–Trinajstić information content (AvgIpc) is 2.69. The third-order valence-corrected chi connectivity index (χ3v) is 4.04. The molecule has 0 N–H and O–H groups in total. The van der Waals surface area contributed by atoms with Crippen LogP contribution in [-0.2, 0) is 13.1 Å². The molecule has 0 atom stereocenters. The molecule has 1 aliphatic heterocycles. The summed E-state index contributed by atoms with van der Waals surface area (Å²) >= 11 is 3.53. The highest BCUT2D eigenvalue weighted by Crippen LogP contribution is 2.09. The molecule has 20 heavy (non-hydrogen) atoms. The Morgan fingerprint density at radius 2 is 1.95 bits per heavy atom. The molecular formula is C14H26BrN5. The van der Waals surface area contributed by atoms with Gasteiger partial charge in [-0.1, -0.05) is 29.8 Å². The Hall–Kier alpha value is -0.460. The van der Waals surface area contributed by atoms with Crippen LogP contribution >= 0.6 is 15.9 Å². The van der Waals surface area contributed by atoms with Crippen molar-refractivity contribution in [2.75, 3.05) is 38.1 Å². The number of hydrogen-bond donors (Lipinski definition) is 0. The fourth-order valence-electron chi connectivity index (χ4n) is 2.63. The normalized spacial score (nSPS) is 18.6. The smallest absolute Gasteiger partial charge is 0.141 e. The maximum absolute atomic E-state index is 4.44. The van der Waals surface area contributed by atoms with Crippen LogP contribution in [0.2, 0.25) is 0 Å². The predicted octanol–water partition coefficient (Wildman–Crippen LogP) is 1.84. The first-order chi connectivity index (χ1) is 9.69. The molecule has 1 aliphatic rings. The van der Waals surface area contributed by atoms with Crippen molar-refractivity contribution >= 4 is 15.9 Å². The van der Waals surface area contributed by atoms with Gasteiger partial charge in [0.05, 0.1) is 6.54 Å². The number of halogens is 1. The second-order valence-electron chi connectivity index (χ2n) is 5.91. The Morgan fingerprint density at radius 1 is 1.20 bits per heavy atom. The minimum absolute atomic E-state index is 0.606. The van der Waals surface area contributed by atoms with Crippen molar-refractivity contribution in [3.63, 3.8) is 0 Å². The molecule has 0 aromatic carbocycles. The van der Waals surface area contributed by atoms with E-state index in [4.69, 9.17) is 0 Å². The summed E-state index contributed by atoms with van der Waals surface area (Å²) in [5.41, 5.74) is 0. The minimum Gasteiger partial charge on any atom is -0.301 e. The van der Waals surface area contributed by atoms with Gasteiger partial charge in [-0.15, -0.1) is 0 Å². The summed E-state index contributed by atoms with van der Waals surface area (Å²) in [6.07, 6.45) is 2.93. The highest BCUT2D eigenvalue weighted by Gasteiger charge is 2.16. The van der Waals surface area contributed by atoms with Gasteiger partial charge >= 0.3 is 0 Å². The van der Waals surface area contributed by atoms with E-state index in [0.717, 1.165) is 50.4 Å². The molecule has 0 unspecified atom stereocenters. The topological polar surface area (TPSA) is 37.2 Å². The molecule has 0 aliphatic carbocycles. The van der Waals surface area contributed by atoms with Gasteiger partial charge in [0.1, 0.15) is 12.2 Å². The van der Waals surface area contributed by atoms with Crippen molar-refractivity contribution in [2.24, 2.45) is 5.92 Å². The minimum atomic E-state index is 0.606. The Balaban J connectivity index is 1.88. The Kier molecular flexibility index (Phi) is 6.45. The van der Waals surface area contributed by atoms with Crippen LogP contribution in [0.25, 0.3) is 0 Å². The fraction of sp³-hybridized carbons (Fsp3) is 0.857. The fourth-order valence-corrected chi connectivity index (χ4v) is 3.14. The van der Waals surface area contributed by atoms with Gasteiger partial charge < -0.3 is 4.90 Å².